The second-order valence-electron chi connectivity index (χ2n) is 8.19. The first-order valence-electron chi connectivity index (χ1n) is 9.50. The maximum absolute atomic E-state index is 11.5. The molecule has 5 nitrogen and oxygen atoms in total. The number of hydrogen-bond acceptors (Lipinski definition) is 4. The van der Waals surface area contributed by atoms with Crippen molar-refractivity contribution in [2.45, 2.75) is 45.8 Å². The van der Waals surface area contributed by atoms with Gasteiger partial charge in [0.2, 0.25) is 5.91 Å². The molecule has 0 unspecified atom stereocenters. The number of benzene rings is 2. The zero-order valence-corrected chi connectivity index (χ0v) is 17.5. The number of rotatable bonds is 5. The summed E-state index contributed by atoms with van der Waals surface area (Å²) in [6.45, 7) is 9.95. The van der Waals surface area contributed by atoms with Gasteiger partial charge in [0.05, 0.1) is 18.3 Å². The van der Waals surface area contributed by atoms with Gasteiger partial charge in [0.25, 0.3) is 0 Å². The maximum atomic E-state index is 11.5. The molecule has 2 aromatic rings. The van der Waals surface area contributed by atoms with Crippen molar-refractivity contribution in [1.82, 2.24) is 5.32 Å². The quantitative estimate of drug-likeness (QED) is 0.796. The summed E-state index contributed by atoms with van der Waals surface area (Å²) in [5.74, 6) is 0.743. The lowest BCUT2D eigenvalue weighted by Crippen LogP contribution is -2.41. The Bertz CT molecular complexity index is 904. The molecule has 0 aromatic heterocycles. The standard InChI is InChI=1S/C22H28BNO4/c1-15(25)24-14-19(23-27-21(2,3)22(4,5)28-23)12-16-7-8-18-13-20(26-6)10-9-17(18)11-16/h7-13H,14H2,1-6H3,(H,24,25). The number of methoxy groups -OCH3 is 1. The second kappa shape index (κ2) is 7.61. The first kappa shape index (κ1) is 20.4. The van der Waals surface area contributed by atoms with Crippen LogP contribution in [0.3, 0.4) is 0 Å². The first-order valence-corrected chi connectivity index (χ1v) is 9.50. The highest BCUT2D eigenvalue weighted by Crippen LogP contribution is 2.38. The molecular weight excluding hydrogens is 353 g/mol. The molecule has 1 heterocycles. The van der Waals surface area contributed by atoms with Gasteiger partial charge in [-0.3, -0.25) is 4.79 Å². The predicted octanol–water partition coefficient (Wildman–Crippen LogP) is 4.00. The average Bonchev–Trinajstić information content (AvgIpc) is 2.85. The second-order valence-corrected chi connectivity index (χ2v) is 8.19. The number of hydrogen-bond donors (Lipinski definition) is 1. The van der Waals surface area contributed by atoms with E-state index in [2.05, 4.69) is 17.4 Å². The van der Waals surface area contributed by atoms with Crippen LogP contribution in [0.2, 0.25) is 0 Å². The van der Waals surface area contributed by atoms with Gasteiger partial charge in [-0.15, -0.1) is 0 Å². The third kappa shape index (κ3) is 4.23. The van der Waals surface area contributed by atoms with Crippen molar-refractivity contribution < 1.29 is 18.8 Å². The molecule has 1 aliphatic heterocycles. The minimum atomic E-state index is -0.511. The van der Waals surface area contributed by atoms with Crippen LogP contribution in [0.15, 0.2) is 41.9 Å². The van der Waals surface area contributed by atoms with Gasteiger partial charge in [0.1, 0.15) is 5.75 Å². The Morgan fingerprint density at radius 1 is 1.07 bits per heavy atom. The van der Waals surface area contributed by atoms with Gasteiger partial charge in [-0.25, -0.2) is 0 Å². The van der Waals surface area contributed by atoms with E-state index < -0.39 is 18.3 Å². The molecule has 1 aliphatic rings. The van der Waals surface area contributed by atoms with Gasteiger partial charge in [-0.05, 0) is 67.7 Å². The maximum Gasteiger partial charge on any atom is 0.492 e. The van der Waals surface area contributed by atoms with Crippen LogP contribution in [0.4, 0.5) is 0 Å². The largest absolute Gasteiger partial charge is 0.497 e. The highest BCUT2D eigenvalue weighted by Gasteiger charge is 2.52. The normalized spacial score (nSPS) is 18.4. The third-order valence-electron chi connectivity index (χ3n) is 5.52. The number of carbonyl (C=O) groups excluding carboxylic acids is 1. The van der Waals surface area contributed by atoms with Gasteiger partial charge < -0.3 is 19.4 Å². The van der Waals surface area contributed by atoms with Crippen molar-refractivity contribution in [1.29, 1.82) is 0 Å². The van der Waals surface area contributed by atoms with Crippen molar-refractivity contribution >= 4 is 29.9 Å². The van der Waals surface area contributed by atoms with Gasteiger partial charge in [-0.2, -0.15) is 0 Å². The molecular formula is C22H28BNO4. The Kier molecular flexibility index (Phi) is 5.55. The summed E-state index contributed by atoms with van der Waals surface area (Å²) >= 11 is 0. The summed E-state index contributed by atoms with van der Waals surface area (Å²) in [6, 6.07) is 12.2. The van der Waals surface area contributed by atoms with Crippen LogP contribution in [0, 0.1) is 0 Å². The number of ether oxygens (including phenoxy) is 1. The third-order valence-corrected chi connectivity index (χ3v) is 5.52. The molecule has 28 heavy (non-hydrogen) atoms. The molecule has 0 spiro atoms. The smallest absolute Gasteiger partial charge is 0.492 e. The molecule has 3 rings (SSSR count). The number of carbonyl (C=O) groups is 1. The van der Waals surface area contributed by atoms with E-state index in [0.717, 1.165) is 27.6 Å². The average molecular weight is 381 g/mol. The summed E-state index contributed by atoms with van der Waals surface area (Å²) in [4.78, 5) is 11.5. The predicted molar refractivity (Wildman–Crippen MR) is 113 cm³/mol. The lowest BCUT2D eigenvalue weighted by atomic mass is 9.77. The van der Waals surface area contributed by atoms with E-state index in [9.17, 15) is 4.79 Å². The highest BCUT2D eigenvalue weighted by molar-refractivity contribution is 6.56. The highest BCUT2D eigenvalue weighted by atomic mass is 16.7. The zero-order chi connectivity index (χ0) is 20.5. The molecule has 0 atom stereocenters. The lowest BCUT2D eigenvalue weighted by Gasteiger charge is -2.32. The van der Waals surface area contributed by atoms with E-state index in [-0.39, 0.29) is 5.91 Å². The van der Waals surface area contributed by atoms with Crippen molar-refractivity contribution in [2.24, 2.45) is 0 Å². The molecule has 1 fully saturated rings. The Hall–Kier alpha value is -2.31. The molecule has 1 saturated heterocycles. The van der Waals surface area contributed by atoms with Crippen LogP contribution in [0.1, 0.15) is 40.2 Å². The Morgan fingerprint density at radius 2 is 1.68 bits per heavy atom. The number of amides is 1. The fourth-order valence-electron chi connectivity index (χ4n) is 3.10. The lowest BCUT2D eigenvalue weighted by molar-refractivity contribution is -0.118. The molecule has 0 bridgehead atoms. The van der Waals surface area contributed by atoms with E-state index in [1.165, 1.54) is 6.92 Å². The molecule has 0 radical (unpaired) electrons. The molecule has 2 aromatic carbocycles. The molecule has 6 heteroatoms. The minimum absolute atomic E-state index is 0.0898. The molecule has 0 saturated carbocycles. The van der Waals surface area contributed by atoms with Crippen molar-refractivity contribution in [3.63, 3.8) is 0 Å². The number of fused-ring (bicyclic) bond motifs is 1. The van der Waals surface area contributed by atoms with E-state index in [1.807, 2.05) is 58.0 Å². The molecule has 148 valence electrons. The van der Waals surface area contributed by atoms with E-state index in [0.29, 0.717) is 6.54 Å². The summed E-state index contributed by atoms with van der Waals surface area (Å²) in [5, 5.41) is 5.09. The van der Waals surface area contributed by atoms with E-state index in [1.54, 1.807) is 7.11 Å². The summed E-state index contributed by atoms with van der Waals surface area (Å²) in [5.41, 5.74) is 1.02. The Balaban J connectivity index is 1.94. The minimum Gasteiger partial charge on any atom is -0.497 e. The topological polar surface area (TPSA) is 56.8 Å². The molecule has 1 amide bonds. The van der Waals surface area contributed by atoms with E-state index in [4.69, 9.17) is 14.0 Å². The van der Waals surface area contributed by atoms with Gasteiger partial charge in [-0.1, -0.05) is 24.3 Å². The van der Waals surface area contributed by atoms with Crippen molar-refractivity contribution in [3.05, 3.63) is 47.4 Å². The fourth-order valence-corrected chi connectivity index (χ4v) is 3.10. The SMILES string of the molecule is COc1ccc2cc(C=C(CNC(C)=O)B3OC(C)(C)C(C)(C)O3)ccc2c1. The summed E-state index contributed by atoms with van der Waals surface area (Å²) < 4.78 is 17.7. The Labute approximate surface area is 167 Å². The fraction of sp³-hybridized carbons (Fsp3) is 0.409. The van der Waals surface area contributed by atoms with Crippen LogP contribution < -0.4 is 10.1 Å². The number of nitrogens with one attached hydrogen (secondary N) is 1. The zero-order valence-electron chi connectivity index (χ0n) is 17.5. The Morgan fingerprint density at radius 3 is 2.29 bits per heavy atom. The first-order chi connectivity index (χ1) is 13.1. The summed E-state index contributed by atoms with van der Waals surface area (Å²) in [7, 11) is 1.15. The van der Waals surface area contributed by atoms with Crippen LogP contribution in [0.5, 0.6) is 5.75 Å². The van der Waals surface area contributed by atoms with Gasteiger partial charge >= 0.3 is 7.12 Å². The van der Waals surface area contributed by atoms with Crippen LogP contribution >= 0.6 is 0 Å². The van der Waals surface area contributed by atoms with Gasteiger partial charge in [0.15, 0.2) is 0 Å². The van der Waals surface area contributed by atoms with Crippen molar-refractivity contribution in [3.8, 4) is 5.75 Å². The van der Waals surface area contributed by atoms with Crippen LogP contribution in [-0.4, -0.2) is 37.9 Å². The van der Waals surface area contributed by atoms with E-state index >= 15 is 0 Å². The monoisotopic (exact) mass is 381 g/mol. The molecule has 0 aliphatic carbocycles. The van der Waals surface area contributed by atoms with Gasteiger partial charge in [0, 0.05) is 13.5 Å². The summed E-state index contributed by atoms with van der Waals surface area (Å²) in [6.07, 6.45) is 2.03. The van der Waals surface area contributed by atoms with Crippen LogP contribution in [0.25, 0.3) is 16.8 Å². The molecule has 1 N–H and O–H groups in total. The van der Waals surface area contributed by atoms with Crippen molar-refractivity contribution in [2.75, 3.05) is 13.7 Å². The van der Waals surface area contributed by atoms with Crippen LogP contribution in [-0.2, 0) is 14.1 Å².